The third-order valence-corrected chi connectivity index (χ3v) is 2.36. The van der Waals surface area contributed by atoms with Gasteiger partial charge in [-0.05, 0) is 6.92 Å². The number of alkyl halides is 4. The van der Waals surface area contributed by atoms with Crippen LogP contribution < -0.4 is 5.32 Å². The Kier molecular flexibility index (Phi) is 5.43. The molecule has 0 fully saturated rings. The molecule has 0 saturated heterocycles. The molecule has 0 aromatic carbocycles. The number of nitrogens with zero attached hydrogens (tertiary/aromatic N) is 3. The van der Waals surface area contributed by atoms with E-state index in [1.165, 1.54) is 11.0 Å². The van der Waals surface area contributed by atoms with Crippen LogP contribution in [0.1, 0.15) is 18.8 Å². The number of aryl methyl sites for hydroxylation is 1. The Morgan fingerprint density at radius 2 is 2.20 bits per heavy atom. The zero-order valence-corrected chi connectivity index (χ0v) is 10.8. The van der Waals surface area contributed by atoms with Crippen molar-refractivity contribution in [2.24, 2.45) is 7.05 Å². The van der Waals surface area contributed by atoms with Crippen molar-refractivity contribution >= 4 is 5.91 Å². The Morgan fingerprint density at radius 1 is 1.55 bits per heavy atom. The monoisotopic (exact) mass is 298 g/mol. The van der Waals surface area contributed by atoms with Crippen molar-refractivity contribution in [3.63, 3.8) is 0 Å². The molecule has 0 unspecified atom stereocenters. The van der Waals surface area contributed by atoms with Gasteiger partial charge in [0.05, 0.1) is 6.04 Å². The van der Waals surface area contributed by atoms with E-state index < -0.39 is 37.5 Å². The maximum absolute atomic E-state index is 12.5. The highest BCUT2D eigenvalue weighted by Crippen LogP contribution is 2.22. The molecule has 20 heavy (non-hydrogen) atoms. The number of hydrogen-bond donors (Lipinski definition) is 1. The molecule has 10 heteroatoms. The molecule has 0 saturated carbocycles. The first kappa shape index (κ1) is 16.3. The van der Waals surface area contributed by atoms with E-state index in [-0.39, 0.29) is 0 Å². The molecular weight excluding hydrogens is 284 g/mol. The first-order valence-corrected chi connectivity index (χ1v) is 5.61. The third-order valence-electron chi connectivity index (χ3n) is 2.36. The van der Waals surface area contributed by atoms with Gasteiger partial charge in [0.15, 0.2) is 0 Å². The quantitative estimate of drug-likeness (QED) is 0.760. The largest absolute Gasteiger partial charge is 0.365 e. The summed E-state index contributed by atoms with van der Waals surface area (Å²) in [6.07, 6.45) is -2.54. The molecule has 0 aliphatic carbocycles. The number of rotatable bonds is 7. The molecule has 1 aromatic rings. The Hall–Kier alpha value is -1.71. The van der Waals surface area contributed by atoms with Crippen LogP contribution in [0.4, 0.5) is 17.6 Å². The van der Waals surface area contributed by atoms with Crippen LogP contribution in [-0.4, -0.2) is 46.2 Å². The third kappa shape index (κ3) is 4.44. The summed E-state index contributed by atoms with van der Waals surface area (Å²) in [5.74, 6) is -4.53. The lowest BCUT2D eigenvalue weighted by Gasteiger charge is -2.16. The Morgan fingerprint density at radius 3 is 2.70 bits per heavy atom. The van der Waals surface area contributed by atoms with E-state index in [1.54, 1.807) is 14.0 Å². The summed E-state index contributed by atoms with van der Waals surface area (Å²) in [6, 6.07) is -0.519. The predicted octanol–water partition coefficient (Wildman–Crippen LogP) is 0.909. The molecule has 1 rings (SSSR count). The number of ether oxygens (including phenoxy) is 1. The molecule has 6 nitrogen and oxygen atoms in total. The minimum atomic E-state index is -4.27. The average molecular weight is 298 g/mol. The number of aromatic nitrogens is 3. The molecular formula is C10H14F4N4O2. The molecule has 1 atom stereocenters. The molecule has 0 aliphatic heterocycles. The van der Waals surface area contributed by atoms with Crippen molar-refractivity contribution in [3.05, 3.63) is 12.2 Å². The van der Waals surface area contributed by atoms with Crippen molar-refractivity contribution in [3.8, 4) is 0 Å². The Labute approximate surface area is 112 Å². The highest BCUT2D eigenvalue weighted by Gasteiger charge is 2.41. The highest BCUT2D eigenvalue weighted by atomic mass is 19.3. The minimum absolute atomic E-state index is 0.455. The van der Waals surface area contributed by atoms with Gasteiger partial charge in [0.2, 0.25) is 5.91 Å². The van der Waals surface area contributed by atoms with Gasteiger partial charge in [0.25, 0.3) is 0 Å². The maximum Gasteiger partial charge on any atom is 0.330 e. The van der Waals surface area contributed by atoms with Crippen LogP contribution in [-0.2, 0) is 16.6 Å². The molecule has 0 spiro atoms. The summed E-state index contributed by atoms with van der Waals surface area (Å²) in [6.45, 7) is -0.656. The van der Waals surface area contributed by atoms with Crippen LogP contribution in [0, 0.1) is 0 Å². The van der Waals surface area contributed by atoms with Crippen LogP contribution in [0.15, 0.2) is 6.33 Å². The van der Waals surface area contributed by atoms with Crippen LogP contribution in [0.2, 0.25) is 0 Å². The molecule has 1 aromatic heterocycles. The number of hydrogen-bond acceptors (Lipinski definition) is 4. The van der Waals surface area contributed by atoms with Crippen molar-refractivity contribution in [1.82, 2.24) is 20.1 Å². The smallest absolute Gasteiger partial charge is 0.330 e. The fraction of sp³-hybridized carbons (Fsp3) is 0.700. The topological polar surface area (TPSA) is 69.0 Å². The first-order valence-electron chi connectivity index (χ1n) is 5.61. The minimum Gasteiger partial charge on any atom is -0.365 e. The summed E-state index contributed by atoms with van der Waals surface area (Å²) in [7, 11) is 1.62. The summed E-state index contributed by atoms with van der Waals surface area (Å²) >= 11 is 0. The van der Waals surface area contributed by atoms with E-state index in [0.29, 0.717) is 5.82 Å². The van der Waals surface area contributed by atoms with Crippen LogP contribution in [0.3, 0.4) is 0 Å². The van der Waals surface area contributed by atoms with Gasteiger partial charge in [-0.2, -0.15) is 13.9 Å². The van der Waals surface area contributed by atoms with Crippen molar-refractivity contribution < 1.29 is 27.1 Å². The zero-order chi connectivity index (χ0) is 15.3. The standard InChI is InChI=1S/C10H14F4N4O2/c1-6(8-15-5-16-18(8)2)17-7(19)3-20-4-10(13,14)9(11)12/h5-6,9H,3-4H2,1-2H3,(H,17,19)/t6-/m1/s1. The molecule has 0 aliphatic rings. The number of amides is 1. The second kappa shape index (κ2) is 6.64. The van der Waals surface area contributed by atoms with Gasteiger partial charge in [-0.25, -0.2) is 13.8 Å². The van der Waals surface area contributed by atoms with Crippen LogP contribution in [0.25, 0.3) is 0 Å². The molecule has 1 amide bonds. The lowest BCUT2D eigenvalue weighted by Crippen LogP contribution is -2.36. The molecule has 1 N–H and O–H groups in total. The second-order valence-corrected chi connectivity index (χ2v) is 4.09. The molecule has 1 heterocycles. The van der Waals surface area contributed by atoms with E-state index in [0.717, 1.165) is 0 Å². The molecule has 0 bridgehead atoms. The lowest BCUT2D eigenvalue weighted by molar-refractivity contribution is -0.168. The summed E-state index contributed by atoms with van der Waals surface area (Å²) in [4.78, 5) is 15.3. The lowest BCUT2D eigenvalue weighted by atomic mass is 10.3. The zero-order valence-electron chi connectivity index (χ0n) is 10.8. The van der Waals surface area contributed by atoms with Gasteiger partial charge in [0.1, 0.15) is 25.4 Å². The number of carbonyl (C=O) groups is 1. The van der Waals surface area contributed by atoms with E-state index >= 15 is 0 Å². The summed E-state index contributed by atoms with van der Waals surface area (Å²) in [5.41, 5.74) is 0. The van der Waals surface area contributed by atoms with E-state index in [9.17, 15) is 22.4 Å². The van der Waals surface area contributed by atoms with Gasteiger partial charge in [-0.3, -0.25) is 9.48 Å². The van der Waals surface area contributed by atoms with Gasteiger partial charge in [-0.15, -0.1) is 0 Å². The Balaban J connectivity index is 2.36. The van der Waals surface area contributed by atoms with E-state index in [2.05, 4.69) is 20.1 Å². The van der Waals surface area contributed by atoms with Gasteiger partial charge in [-0.1, -0.05) is 0 Å². The molecule has 114 valence electrons. The van der Waals surface area contributed by atoms with Crippen molar-refractivity contribution in [2.45, 2.75) is 25.3 Å². The van der Waals surface area contributed by atoms with E-state index in [1.807, 2.05) is 0 Å². The summed E-state index contributed by atoms with van der Waals surface area (Å²) in [5, 5.41) is 6.22. The maximum atomic E-state index is 12.5. The number of carbonyl (C=O) groups excluding carboxylic acids is 1. The summed E-state index contributed by atoms with van der Waals surface area (Å²) < 4.78 is 54.4. The Bertz CT molecular complexity index is 452. The number of nitrogens with one attached hydrogen (secondary N) is 1. The van der Waals surface area contributed by atoms with Gasteiger partial charge in [0, 0.05) is 7.05 Å². The van der Waals surface area contributed by atoms with E-state index in [4.69, 9.17) is 0 Å². The van der Waals surface area contributed by atoms with Gasteiger partial charge < -0.3 is 10.1 Å². The van der Waals surface area contributed by atoms with Gasteiger partial charge >= 0.3 is 12.3 Å². The fourth-order valence-electron chi connectivity index (χ4n) is 1.39. The van der Waals surface area contributed by atoms with Crippen LogP contribution in [0.5, 0.6) is 0 Å². The van der Waals surface area contributed by atoms with Crippen molar-refractivity contribution in [1.29, 1.82) is 0 Å². The molecule has 0 radical (unpaired) electrons. The SMILES string of the molecule is C[C@@H](NC(=O)COCC(F)(F)C(F)F)c1ncnn1C. The fourth-order valence-corrected chi connectivity index (χ4v) is 1.39. The normalized spacial score (nSPS) is 13.6. The first-order chi connectivity index (χ1) is 9.24. The predicted molar refractivity (Wildman–Crippen MR) is 59.3 cm³/mol. The van der Waals surface area contributed by atoms with Crippen LogP contribution >= 0.6 is 0 Å². The second-order valence-electron chi connectivity index (χ2n) is 4.09. The number of halogens is 4. The highest BCUT2D eigenvalue weighted by molar-refractivity contribution is 5.77. The van der Waals surface area contributed by atoms with Crippen molar-refractivity contribution in [2.75, 3.05) is 13.2 Å². The average Bonchev–Trinajstić information content (AvgIpc) is 2.74.